The molecule has 1 amide bonds. The highest BCUT2D eigenvalue weighted by molar-refractivity contribution is 7.91. The number of rotatable bonds is 10. The Morgan fingerprint density at radius 2 is 1.93 bits per heavy atom. The average Bonchev–Trinajstić information content (AvgIpc) is 3.28. The van der Waals surface area contributed by atoms with E-state index in [1.807, 2.05) is 0 Å². The van der Waals surface area contributed by atoms with Gasteiger partial charge >= 0.3 is 12.1 Å². The lowest BCUT2D eigenvalue weighted by molar-refractivity contribution is -0.141. The number of carbonyl (C=O) groups is 2. The number of hydrogen-bond acceptors (Lipinski definition) is 9. The van der Waals surface area contributed by atoms with Crippen molar-refractivity contribution in [2.45, 2.75) is 57.3 Å². The number of anilines is 1. The maximum absolute atomic E-state index is 13.6. The van der Waals surface area contributed by atoms with Crippen molar-refractivity contribution in [1.29, 1.82) is 0 Å². The minimum atomic E-state index is -4.93. The van der Waals surface area contributed by atoms with E-state index in [9.17, 15) is 31.2 Å². The van der Waals surface area contributed by atoms with E-state index in [1.165, 1.54) is 30.6 Å². The Labute approximate surface area is 245 Å². The van der Waals surface area contributed by atoms with Gasteiger partial charge in [-0.2, -0.15) is 13.2 Å². The van der Waals surface area contributed by atoms with Crippen LogP contribution < -0.4 is 10.1 Å². The van der Waals surface area contributed by atoms with Crippen molar-refractivity contribution in [1.82, 2.24) is 9.97 Å². The Kier molecular flexibility index (Phi) is 9.56. The zero-order valence-corrected chi connectivity index (χ0v) is 24.8. The van der Waals surface area contributed by atoms with Crippen LogP contribution in [-0.4, -0.2) is 49.7 Å². The van der Waals surface area contributed by atoms with Gasteiger partial charge in [-0.25, -0.2) is 23.2 Å². The summed E-state index contributed by atoms with van der Waals surface area (Å²) in [6.07, 6.45) is -3.05. The fourth-order valence-corrected chi connectivity index (χ4v) is 7.26. The molecule has 2 aromatic heterocycles. The maximum Gasteiger partial charge on any atom is 0.433 e. The number of hydrogen-bond donors (Lipinski definition) is 1. The second kappa shape index (κ2) is 12.8. The molecule has 1 aromatic carbocycles. The number of benzene rings is 1. The molecule has 0 radical (unpaired) electrons. The number of ether oxygens (including phenoxy) is 2. The number of alkyl halides is 3. The van der Waals surface area contributed by atoms with E-state index in [0.29, 0.717) is 29.0 Å². The van der Waals surface area contributed by atoms with Crippen LogP contribution in [-0.2, 0) is 38.4 Å². The number of sulfone groups is 1. The topological polar surface area (TPSA) is 125 Å². The van der Waals surface area contributed by atoms with Crippen LogP contribution in [0.25, 0.3) is 11.3 Å². The van der Waals surface area contributed by atoms with Gasteiger partial charge in [-0.3, -0.25) is 4.79 Å². The van der Waals surface area contributed by atoms with Crippen molar-refractivity contribution >= 4 is 38.1 Å². The standard InChI is InChI=1S/C28H30F3N3O6S2/c1-4-40-26(36)24-18-12-11-16(2)14-21(18)41-25(24)34-23(35)10-7-13-42(37,38)27-32-19(15-22(33-27)28(29,30)31)17-8-5-6-9-20(17)39-3/h5-6,8-9,15-16H,4,7,10-14H2,1-3H3,(H,34,35)/t16-/m1/s1. The van der Waals surface area contributed by atoms with Crippen LogP contribution >= 0.6 is 11.3 Å². The number of aromatic nitrogens is 2. The first kappa shape index (κ1) is 31.4. The second-order valence-corrected chi connectivity index (χ2v) is 13.0. The summed E-state index contributed by atoms with van der Waals surface area (Å²) in [5.74, 6) is -1.11. The second-order valence-electron chi connectivity index (χ2n) is 9.87. The maximum atomic E-state index is 13.6. The Morgan fingerprint density at radius 1 is 1.19 bits per heavy atom. The van der Waals surface area contributed by atoms with Gasteiger partial charge in [0, 0.05) is 16.9 Å². The van der Waals surface area contributed by atoms with Crippen molar-refractivity contribution < 1.29 is 40.7 Å². The molecule has 1 atom stereocenters. The summed E-state index contributed by atoms with van der Waals surface area (Å²) in [5.41, 5.74) is -0.340. The van der Waals surface area contributed by atoms with Crippen molar-refractivity contribution in [2.24, 2.45) is 5.92 Å². The first-order chi connectivity index (χ1) is 19.8. The van der Waals surface area contributed by atoms with Gasteiger partial charge in [-0.05, 0) is 62.3 Å². The largest absolute Gasteiger partial charge is 0.496 e. The zero-order valence-electron chi connectivity index (χ0n) is 23.2. The monoisotopic (exact) mass is 625 g/mol. The van der Waals surface area contributed by atoms with Gasteiger partial charge in [0.1, 0.15) is 16.4 Å². The lowest BCUT2D eigenvalue weighted by Gasteiger charge is -2.18. The van der Waals surface area contributed by atoms with Crippen LogP contribution in [0.2, 0.25) is 0 Å². The van der Waals surface area contributed by atoms with Crippen LogP contribution in [0.4, 0.5) is 18.2 Å². The normalized spacial score (nSPS) is 15.1. The molecule has 1 aliphatic rings. The van der Waals surface area contributed by atoms with Gasteiger partial charge < -0.3 is 14.8 Å². The lowest BCUT2D eigenvalue weighted by atomic mass is 9.88. The Morgan fingerprint density at radius 3 is 2.62 bits per heavy atom. The molecule has 4 rings (SSSR count). The third kappa shape index (κ3) is 7.09. The first-order valence-corrected chi connectivity index (χ1v) is 15.7. The minimum Gasteiger partial charge on any atom is -0.496 e. The molecule has 14 heteroatoms. The molecule has 3 aromatic rings. The molecule has 0 saturated carbocycles. The number of nitrogens with zero attached hydrogens (tertiary/aromatic N) is 2. The number of esters is 1. The number of amides is 1. The average molecular weight is 626 g/mol. The predicted octanol–water partition coefficient (Wildman–Crippen LogP) is 5.73. The quantitative estimate of drug-likeness (QED) is 0.224. The molecule has 226 valence electrons. The van der Waals surface area contributed by atoms with Crippen LogP contribution in [0, 0.1) is 5.92 Å². The lowest BCUT2D eigenvalue weighted by Crippen LogP contribution is -2.19. The molecule has 1 N–H and O–H groups in total. The summed E-state index contributed by atoms with van der Waals surface area (Å²) < 4.78 is 77.4. The molecule has 0 bridgehead atoms. The van der Waals surface area contributed by atoms with Gasteiger partial charge in [0.2, 0.25) is 20.9 Å². The highest BCUT2D eigenvalue weighted by Gasteiger charge is 2.36. The number of halogens is 3. The van der Waals surface area contributed by atoms with Crippen molar-refractivity contribution in [3.63, 3.8) is 0 Å². The van der Waals surface area contributed by atoms with Gasteiger partial charge in [0.05, 0.1) is 30.7 Å². The van der Waals surface area contributed by atoms with Crippen LogP contribution in [0.1, 0.15) is 59.6 Å². The third-order valence-corrected chi connectivity index (χ3v) is 9.45. The summed E-state index contributed by atoms with van der Waals surface area (Å²) in [7, 11) is -3.09. The summed E-state index contributed by atoms with van der Waals surface area (Å²) >= 11 is 1.30. The Balaban J connectivity index is 1.52. The van der Waals surface area contributed by atoms with E-state index in [0.717, 1.165) is 23.3 Å². The fraction of sp³-hybridized carbons (Fsp3) is 0.429. The van der Waals surface area contributed by atoms with Crippen LogP contribution in [0.5, 0.6) is 5.75 Å². The van der Waals surface area contributed by atoms with Crippen molar-refractivity contribution in [3.05, 3.63) is 52.0 Å². The molecule has 0 saturated heterocycles. The van der Waals surface area contributed by atoms with Gasteiger partial charge in [0.25, 0.3) is 0 Å². The molecule has 0 fully saturated rings. The number of methoxy groups -OCH3 is 1. The van der Waals surface area contributed by atoms with Gasteiger partial charge in [-0.1, -0.05) is 19.1 Å². The molecule has 42 heavy (non-hydrogen) atoms. The molecule has 2 heterocycles. The van der Waals surface area contributed by atoms with Crippen molar-refractivity contribution in [2.75, 3.05) is 24.8 Å². The summed E-state index contributed by atoms with van der Waals surface area (Å²) in [4.78, 5) is 33.7. The molecule has 9 nitrogen and oxygen atoms in total. The van der Waals surface area contributed by atoms with E-state index < -0.39 is 44.5 Å². The SMILES string of the molecule is CCOC(=O)c1c(NC(=O)CCCS(=O)(=O)c2nc(-c3ccccc3OC)cc(C(F)(F)F)n2)sc2c1CC[C@@H](C)C2. The van der Waals surface area contributed by atoms with Crippen molar-refractivity contribution in [3.8, 4) is 17.0 Å². The van der Waals surface area contributed by atoms with E-state index in [-0.39, 0.29) is 36.5 Å². The Hall–Kier alpha value is -3.52. The minimum absolute atomic E-state index is 0.161. The number of para-hydroxylation sites is 1. The molecule has 0 unspecified atom stereocenters. The van der Waals surface area contributed by atoms with E-state index in [4.69, 9.17) is 9.47 Å². The van der Waals surface area contributed by atoms with Crippen LogP contribution in [0.15, 0.2) is 35.5 Å². The summed E-state index contributed by atoms with van der Waals surface area (Å²) in [6, 6.07) is 6.79. The van der Waals surface area contributed by atoms with Crippen LogP contribution in [0.3, 0.4) is 0 Å². The number of carbonyl (C=O) groups excluding carboxylic acids is 2. The highest BCUT2D eigenvalue weighted by atomic mass is 32.2. The van der Waals surface area contributed by atoms with Gasteiger partial charge in [0.15, 0.2) is 0 Å². The molecule has 1 aliphatic carbocycles. The molecule has 0 aliphatic heterocycles. The smallest absolute Gasteiger partial charge is 0.433 e. The zero-order chi connectivity index (χ0) is 30.7. The van der Waals surface area contributed by atoms with E-state index in [1.54, 1.807) is 19.1 Å². The number of fused-ring (bicyclic) bond motifs is 1. The molecule has 0 spiro atoms. The summed E-state index contributed by atoms with van der Waals surface area (Å²) in [5, 5.41) is 2.06. The Bertz CT molecular complexity index is 1590. The number of thiophene rings is 1. The molecular formula is C28H30F3N3O6S2. The first-order valence-electron chi connectivity index (χ1n) is 13.3. The van der Waals surface area contributed by atoms with Gasteiger partial charge in [-0.15, -0.1) is 11.3 Å². The van der Waals surface area contributed by atoms with E-state index in [2.05, 4.69) is 22.2 Å². The summed E-state index contributed by atoms with van der Waals surface area (Å²) in [6.45, 7) is 3.96. The predicted molar refractivity (Wildman–Crippen MR) is 150 cm³/mol. The third-order valence-electron chi connectivity index (χ3n) is 6.72. The molecular weight excluding hydrogens is 595 g/mol. The fourth-order valence-electron chi connectivity index (χ4n) is 4.66. The number of nitrogens with one attached hydrogen (secondary N) is 1. The van der Waals surface area contributed by atoms with E-state index >= 15 is 0 Å². The highest BCUT2D eigenvalue weighted by Crippen LogP contribution is 2.40.